The Balaban J connectivity index is 0.000000164. The maximum absolute atomic E-state index is 5.90. The zero-order valence-corrected chi connectivity index (χ0v) is 35.4. The molecule has 9 aromatic rings. The molecule has 2 N–H and O–H groups in total. The molecule has 15 heteroatoms. The van der Waals surface area contributed by atoms with Gasteiger partial charge >= 0.3 is 0 Å². The van der Waals surface area contributed by atoms with E-state index in [1.807, 2.05) is 65.5 Å². The summed E-state index contributed by atoms with van der Waals surface area (Å²) in [6.07, 6.45) is 23.4. The van der Waals surface area contributed by atoms with Gasteiger partial charge in [0.05, 0.1) is 42.2 Å². The van der Waals surface area contributed by atoms with E-state index < -0.39 is 0 Å². The lowest BCUT2D eigenvalue weighted by molar-refractivity contribution is 0.0342. The average Bonchev–Trinajstić information content (AvgIpc) is 4.08. The molecule has 4 aromatic carbocycles. The van der Waals surface area contributed by atoms with Crippen molar-refractivity contribution in [2.45, 2.75) is 26.6 Å². The van der Waals surface area contributed by atoms with Crippen LogP contribution < -0.4 is 15.4 Å². The maximum atomic E-state index is 5.90. The van der Waals surface area contributed by atoms with Crippen molar-refractivity contribution < 1.29 is 13.9 Å². The van der Waals surface area contributed by atoms with Crippen LogP contribution in [0.15, 0.2) is 133 Å². The first kappa shape index (κ1) is 41.8. The number of oxazole rings is 1. The number of rotatable bonds is 12. The number of nitrogens with one attached hydrogen (secondary N) is 2. The summed E-state index contributed by atoms with van der Waals surface area (Å²) in [4.78, 5) is 24.6. The Bertz CT molecular complexity index is 3150. The SMILES string of the molecule is C#Cc1cc2cnc(Nc3cccc(-c4cnco4)c3)nc2cc1OCc1cccnn1.C#Cc1ccc2nc(Nc3cc(CN4CCOCC4)cc(-c4cnn(CC)c4)c3)ncc2c1. The van der Waals surface area contributed by atoms with Gasteiger partial charge in [-0.2, -0.15) is 15.3 Å². The molecule has 1 saturated heterocycles. The van der Waals surface area contributed by atoms with Crippen molar-refractivity contribution in [2.75, 3.05) is 36.9 Å². The molecule has 0 bridgehead atoms. The molecule has 0 amide bonds. The molecule has 5 aromatic heterocycles. The summed E-state index contributed by atoms with van der Waals surface area (Å²) >= 11 is 0. The molecular weight excluding hydrogens is 817 g/mol. The number of aromatic nitrogens is 9. The third-order valence-corrected chi connectivity index (χ3v) is 10.5. The van der Waals surface area contributed by atoms with Crippen LogP contribution >= 0.6 is 0 Å². The summed E-state index contributed by atoms with van der Waals surface area (Å²) in [5, 5.41) is 20.7. The fraction of sp³-hybridized carbons (Fsp3) is 0.160. The van der Waals surface area contributed by atoms with Crippen LogP contribution in [0.5, 0.6) is 5.75 Å². The van der Waals surface area contributed by atoms with Crippen molar-refractivity contribution in [3.05, 3.63) is 151 Å². The van der Waals surface area contributed by atoms with Crippen LogP contribution in [-0.4, -0.2) is 76.1 Å². The molecule has 1 fully saturated rings. The highest BCUT2D eigenvalue weighted by Crippen LogP contribution is 2.30. The first-order valence-electron chi connectivity index (χ1n) is 20.9. The molecule has 0 saturated carbocycles. The second-order valence-corrected chi connectivity index (χ2v) is 14.9. The number of benzene rings is 4. The minimum absolute atomic E-state index is 0.249. The Kier molecular flexibility index (Phi) is 12.7. The van der Waals surface area contributed by atoms with Crippen molar-refractivity contribution in [3.63, 3.8) is 0 Å². The number of nitrogens with zero attached hydrogens (tertiary/aromatic N) is 10. The Morgan fingerprint density at radius 1 is 0.769 bits per heavy atom. The first-order chi connectivity index (χ1) is 32.0. The lowest BCUT2D eigenvalue weighted by atomic mass is 10.0. The predicted octanol–water partition coefficient (Wildman–Crippen LogP) is 8.45. The number of aryl methyl sites for hydroxylation is 1. The fourth-order valence-electron chi connectivity index (χ4n) is 7.19. The number of morpholine rings is 1. The van der Waals surface area contributed by atoms with Crippen molar-refractivity contribution in [3.8, 4) is 52.9 Å². The number of fused-ring (bicyclic) bond motifs is 2. The van der Waals surface area contributed by atoms with Gasteiger partial charge in [0, 0.05) is 95.9 Å². The van der Waals surface area contributed by atoms with E-state index in [0.29, 0.717) is 40.2 Å². The highest BCUT2D eigenvalue weighted by Gasteiger charge is 2.14. The van der Waals surface area contributed by atoms with Crippen molar-refractivity contribution in [2.24, 2.45) is 0 Å². The zero-order chi connectivity index (χ0) is 44.4. The van der Waals surface area contributed by atoms with E-state index in [1.54, 1.807) is 36.9 Å². The smallest absolute Gasteiger partial charge is 0.227 e. The Hall–Kier alpha value is -8.50. The molecule has 1 aliphatic heterocycles. The molecule has 0 spiro atoms. The molecule has 10 rings (SSSR count). The van der Waals surface area contributed by atoms with Gasteiger partial charge in [0.15, 0.2) is 12.2 Å². The molecular formula is C50H42N12O3. The van der Waals surface area contributed by atoms with Gasteiger partial charge in [-0.3, -0.25) is 9.58 Å². The number of terminal acetylenes is 2. The molecule has 6 heterocycles. The summed E-state index contributed by atoms with van der Waals surface area (Å²) < 4.78 is 18.7. The first-order valence-corrected chi connectivity index (χ1v) is 20.9. The monoisotopic (exact) mass is 858 g/mol. The van der Waals surface area contributed by atoms with Crippen molar-refractivity contribution >= 4 is 45.1 Å². The minimum atomic E-state index is 0.249. The number of hydrogen-bond acceptors (Lipinski definition) is 14. The highest BCUT2D eigenvalue weighted by molar-refractivity contribution is 5.84. The van der Waals surface area contributed by atoms with Crippen LogP contribution in [0, 0.1) is 24.7 Å². The Morgan fingerprint density at radius 3 is 2.34 bits per heavy atom. The summed E-state index contributed by atoms with van der Waals surface area (Å²) in [6, 6.07) is 27.2. The molecule has 0 unspecified atom stereocenters. The Labute approximate surface area is 375 Å². The van der Waals surface area contributed by atoms with Crippen LogP contribution in [0.3, 0.4) is 0 Å². The highest BCUT2D eigenvalue weighted by atomic mass is 16.5. The van der Waals surface area contributed by atoms with Crippen molar-refractivity contribution in [1.29, 1.82) is 0 Å². The second-order valence-electron chi connectivity index (χ2n) is 14.9. The lowest BCUT2D eigenvalue weighted by Gasteiger charge is -2.27. The normalized spacial score (nSPS) is 12.5. The molecule has 320 valence electrons. The third-order valence-electron chi connectivity index (χ3n) is 10.5. The van der Waals surface area contributed by atoms with Gasteiger partial charge in [0.2, 0.25) is 11.9 Å². The van der Waals surface area contributed by atoms with Crippen molar-refractivity contribution in [1.82, 2.24) is 49.8 Å². The van der Waals surface area contributed by atoms with Gasteiger partial charge in [-0.15, -0.1) is 12.8 Å². The standard InChI is InChI=1S/C26H26N6O.C24H16N6O2/c1-3-19-5-6-25-22(11-19)15-27-26(30-25)29-24-13-20(17-31-7-9-33-10-8-31)12-21(14-24)23-16-28-32(4-2)18-23;1-2-16-9-18-12-26-24(28-19-6-3-5-17(10-19)23-13-25-15-32-23)29-21(18)11-22(16)31-14-20-7-4-8-27-30-20/h1,5-6,11-16,18H,4,7-10,17H2,2H3,(H,27,29,30);1,3-13,15H,14H2,(H,26,28,29). The molecule has 0 atom stereocenters. The molecule has 0 radical (unpaired) electrons. The van der Waals surface area contributed by atoms with Crippen LogP contribution in [-0.2, 0) is 24.4 Å². The van der Waals surface area contributed by atoms with Gasteiger partial charge < -0.3 is 24.5 Å². The lowest BCUT2D eigenvalue weighted by Crippen LogP contribution is -2.35. The number of ether oxygens (including phenoxy) is 2. The van der Waals surface area contributed by atoms with E-state index in [1.165, 1.54) is 12.0 Å². The topological polar surface area (TPSA) is 167 Å². The van der Waals surface area contributed by atoms with Crippen LogP contribution in [0.4, 0.5) is 23.3 Å². The Morgan fingerprint density at radius 2 is 1.58 bits per heavy atom. The fourth-order valence-corrected chi connectivity index (χ4v) is 7.19. The number of anilines is 4. The van der Waals surface area contributed by atoms with Gasteiger partial charge in [0.25, 0.3) is 0 Å². The molecule has 1 aliphatic rings. The minimum Gasteiger partial charge on any atom is -0.486 e. The molecule has 0 aliphatic carbocycles. The summed E-state index contributed by atoms with van der Waals surface area (Å²) in [6.45, 7) is 7.47. The van der Waals surface area contributed by atoms with E-state index in [-0.39, 0.29) is 6.61 Å². The quantitative estimate of drug-likeness (QED) is 0.112. The van der Waals surface area contributed by atoms with E-state index in [9.17, 15) is 0 Å². The third kappa shape index (κ3) is 10.4. The summed E-state index contributed by atoms with van der Waals surface area (Å²) in [5.41, 5.74) is 9.76. The summed E-state index contributed by atoms with van der Waals surface area (Å²) in [7, 11) is 0. The largest absolute Gasteiger partial charge is 0.486 e. The maximum Gasteiger partial charge on any atom is 0.227 e. The van der Waals surface area contributed by atoms with Gasteiger partial charge in [-0.1, -0.05) is 24.0 Å². The average molecular weight is 859 g/mol. The predicted molar refractivity (Wildman–Crippen MR) is 249 cm³/mol. The van der Waals surface area contributed by atoms with E-state index in [4.69, 9.17) is 26.7 Å². The zero-order valence-electron chi connectivity index (χ0n) is 35.4. The van der Waals surface area contributed by atoms with Crippen LogP contribution in [0.1, 0.15) is 29.3 Å². The summed E-state index contributed by atoms with van der Waals surface area (Å²) in [5.74, 6) is 7.52. The van der Waals surface area contributed by atoms with Crippen LogP contribution in [0.25, 0.3) is 44.3 Å². The molecule has 65 heavy (non-hydrogen) atoms. The number of hydrogen-bond donors (Lipinski definition) is 2. The van der Waals surface area contributed by atoms with Crippen LogP contribution in [0.2, 0.25) is 0 Å². The van der Waals surface area contributed by atoms with Gasteiger partial charge in [0.1, 0.15) is 18.1 Å². The van der Waals surface area contributed by atoms with Gasteiger partial charge in [-0.05, 0) is 84.8 Å². The van der Waals surface area contributed by atoms with E-state index in [0.717, 1.165) is 89.3 Å². The van der Waals surface area contributed by atoms with E-state index in [2.05, 4.69) is 98.9 Å². The van der Waals surface area contributed by atoms with Gasteiger partial charge in [-0.25, -0.2) is 24.9 Å². The van der Waals surface area contributed by atoms with E-state index >= 15 is 0 Å². The molecule has 15 nitrogen and oxygen atoms in total. The second kappa shape index (κ2) is 19.7.